The zero-order chi connectivity index (χ0) is 11.1. The van der Waals surface area contributed by atoms with Gasteiger partial charge in [0.2, 0.25) is 0 Å². The third-order valence-corrected chi connectivity index (χ3v) is 3.67. The number of esters is 1. The minimum absolute atomic E-state index is 0.158. The summed E-state index contributed by atoms with van der Waals surface area (Å²) in [7, 11) is 1.46. The maximum atomic E-state index is 11.8. The van der Waals surface area contributed by atoms with Crippen LogP contribution in [0.5, 0.6) is 0 Å². The van der Waals surface area contributed by atoms with Gasteiger partial charge in [-0.25, -0.2) is 4.79 Å². The van der Waals surface area contributed by atoms with Gasteiger partial charge in [0.25, 0.3) is 0 Å². The Bertz CT molecular complexity index is 420. The number of methoxy groups -OCH3 is 1. The SMILES string of the molecule is COC(=O)C1=C2CCCN2[C@@H]2C=CC=C[C@H]12. The molecule has 0 N–H and O–H groups in total. The predicted molar refractivity (Wildman–Crippen MR) is 60.5 cm³/mol. The molecule has 0 radical (unpaired) electrons. The Hall–Kier alpha value is -1.51. The second kappa shape index (κ2) is 3.51. The number of carbonyl (C=O) groups excluding carboxylic acids is 1. The summed E-state index contributed by atoms with van der Waals surface area (Å²) in [5.41, 5.74) is 2.09. The fraction of sp³-hybridized carbons (Fsp3) is 0.462. The van der Waals surface area contributed by atoms with Crippen LogP contribution in [0.2, 0.25) is 0 Å². The second-order valence-electron chi connectivity index (χ2n) is 4.44. The highest BCUT2D eigenvalue weighted by molar-refractivity contribution is 5.91. The number of ether oxygens (including phenoxy) is 1. The Kier molecular flexibility index (Phi) is 2.13. The molecule has 1 aliphatic carbocycles. The topological polar surface area (TPSA) is 29.5 Å². The fourth-order valence-electron chi connectivity index (χ4n) is 3.03. The predicted octanol–water partition coefficient (Wildman–Crippen LogP) is 1.63. The van der Waals surface area contributed by atoms with E-state index in [-0.39, 0.29) is 11.9 Å². The first-order valence-electron chi connectivity index (χ1n) is 5.76. The molecule has 3 heteroatoms. The molecule has 0 saturated carbocycles. The lowest BCUT2D eigenvalue weighted by Crippen LogP contribution is -2.31. The Labute approximate surface area is 95.1 Å². The van der Waals surface area contributed by atoms with Gasteiger partial charge in [-0.05, 0) is 12.8 Å². The molecule has 2 atom stereocenters. The second-order valence-corrected chi connectivity index (χ2v) is 4.44. The van der Waals surface area contributed by atoms with E-state index in [1.165, 1.54) is 12.8 Å². The molecular weight excluding hydrogens is 202 g/mol. The smallest absolute Gasteiger partial charge is 0.336 e. The van der Waals surface area contributed by atoms with Crippen molar-refractivity contribution in [3.8, 4) is 0 Å². The van der Waals surface area contributed by atoms with Crippen molar-refractivity contribution >= 4 is 5.97 Å². The van der Waals surface area contributed by atoms with Crippen LogP contribution in [0.4, 0.5) is 0 Å². The molecule has 16 heavy (non-hydrogen) atoms. The van der Waals surface area contributed by atoms with E-state index in [0.717, 1.165) is 25.0 Å². The average Bonchev–Trinajstić information content (AvgIpc) is 2.87. The van der Waals surface area contributed by atoms with E-state index in [9.17, 15) is 4.79 Å². The zero-order valence-corrected chi connectivity index (χ0v) is 9.35. The molecule has 3 rings (SSSR count). The normalized spacial score (nSPS) is 30.7. The number of hydrogen-bond acceptors (Lipinski definition) is 3. The maximum absolute atomic E-state index is 11.8. The minimum atomic E-state index is -0.158. The van der Waals surface area contributed by atoms with Gasteiger partial charge in [0, 0.05) is 18.2 Å². The van der Waals surface area contributed by atoms with Gasteiger partial charge >= 0.3 is 5.97 Å². The van der Waals surface area contributed by atoms with Gasteiger partial charge < -0.3 is 9.64 Å². The monoisotopic (exact) mass is 217 g/mol. The van der Waals surface area contributed by atoms with E-state index in [4.69, 9.17) is 4.74 Å². The van der Waals surface area contributed by atoms with Gasteiger partial charge in [-0.15, -0.1) is 0 Å². The van der Waals surface area contributed by atoms with Gasteiger partial charge in [-0.2, -0.15) is 0 Å². The van der Waals surface area contributed by atoms with Crippen LogP contribution in [0.15, 0.2) is 35.6 Å². The van der Waals surface area contributed by atoms with Crippen LogP contribution in [0.1, 0.15) is 12.8 Å². The molecule has 1 fully saturated rings. The van der Waals surface area contributed by atoms with Crippen LogP contribution >= 0.6 is 0 Å². The molecule has 1 saturated heterocycles. The van der Waals surface area contributed by atoms with E-state index in [2.05, 4.69) is 23.1 Å². The summed E-state index contributed by atoms with van der Waals surface area (Å²) in [4.78, 5) is 14.2. The number of allylic oxidation sites excluding steroid dienone is 3. The van der Waals surface area contributed by atoms with E-state index in [0.29, 0.717) is 6.04 Å². The first-order valence-corrected chi connectivity index (χ1v) is 5.76. The summed E-state index contributed by atoms with van der Waals surface area (Å²) in [6, 6.07) is 0.344. The Morgan fingerprint density at radius 2 is 2.25 bits per heavy atom. The van der Waals surface area contributed by atoms with Crippen molar-refractivity contribution in [3.05, 3.63) is 35.6 Å². The molecule has 2 heterocycles. The molecule has 84 valence electrons. The van der Waals surface area contributed by atoms with E-state index < -0.39 is 0 Å². The quantitative estimate of drug-likeness (QED) is 0.625. The number of nitrogens with zero attached hydrogens (tertiary/aromatic N) is 1. The largest absolute Gasteiger partial charge is 0.466 e. The highest BCUT2D eigenvalue weighted by Gasteiger charge is 2.43. The van der Waals surface area contributed by atoms with Crippen LogP contribution in [-0.4, -0.2) is 30.6 Å². The molecule has 3 nitrogen and oxygen atoms in total. The average molecular weight is 217 g/mol. The van der Waals surface area contributed by atoms with Crippen LogP contribution in [0.3, 0.4) is 0 Å². The number of hydrogen-bond donors (Lipinski definition) is 0. The summed E-state index contributed by atoms with van der Waals surface area (Å²) < 4.78 is 4.91. The van der Waals surface area contributed by atoms with Gasteiger partial charge in [0.1, 0.15) is 0 Å². The van der Waals surface area contributed by atoms with Gasteiger partial charge in [-0.3, -0.25) is 0 Å². The summed E-state index contributed by atoms with van der Waals surface area (Å²) >= 11 is 0. The van der Waals surface area contributed by atoms with Crippen molar-refractivity contribution in [3.63, 3.8) is 0 Å². The minimum Gasteiger partial charge on any atom is -0.466 e. The Balaban J connectivity index is 2.05. The highest BCUT2D eigenvalue weighted by atomic mass is 16.5. The summed E-state index contributed by atoms with van der Waals surface area (Å²) in [6.07, 6.45) is 10.5. The van der Waals surface area contributed by atoms with Gasteiger partial charge in [0.15, 0.2) is 0 Å². The van der Waals surface area contributed by atoms with Crippen molar-refractivity contribution < 1.29 is 9.53 Å². The molecule has 0 aromatic rings. The Morgan fingerprint density at radius 3 is 3.06 bits per heavy atom. The van der Waals surface area contributed by atoms with Crippen molar-refractivity contribution in [1.82, 2.24) is 4.90 Å². The Morgan fingerprint density at radius 1 is 1.44 bits per heavy atom. The lowest BCUT2D eigenvalue weighted by atomic mass is 9.90. The first-order chi connectivity index (χ1) is 7.83. The number of carbonyl (C=O) groups is 1. The molecule has 2 aliphatic heterocycles. The lowest BCUT2D eigenvalue weighted by molar-refractivity contribution is -0.136. The standard InChI is InChI=1S/C13H15NO2/c1-16-13(15)12-9-5-2-3-6-10(9)14-8-4-7-11(12)14/h2-3,5-6,9-10H,4,7-8H2,1H3/t9-,10+/m0/s1. The first kappa shape index (κ1) is 9.70. The summed E-state index contributed by atoms with van der Waals surface area (Å²) in [5.74, 6) is 0.0436. The third kappa shape index (κ3) is 1.17. The fourth-order valence-corrected chi connectivity index (χ4v) is 3.03. The number of fused-ring (bicyclic) bond motifs is 3. The van der Waals surface area contributed by atoms with Crippen molar-refractivity contribution in [1.29, 1.82) is 0 Å². The van der Waals surface area contributed by atoms with Crippen molar-refractivity contribution in [2.45, 2.75) is 18.9 Å². The zero-order valence-electron chi connectivity index (χ0n) is 9.35. The van der Waals surface area contributed by atoms with Crippen LogP contribution in [0, 0.1) is 5.92 Å². The molecule has 0 aromatic carbocycles. The summed E-state index contributed by atoms with van der Waals surface area (Å²) in [5, 5.41) is 0. The van der Waals surface area contributed by atoms with Crippen LogP contribution in [-0.2, 0) is 9.53 Å². The molecule has 0 amide bonds. The van der Waals surface area contributed by atoms with E-state index in [1.807, 2.05) is 6.08 Å². The van der Waals surface area contributed by atoms with Crippen LogP contribution in [0.25, 0.3) is 0 Å². The molecule has 3 aliphatic rings. The third-order valence-electron chi connectivity index (χ3n) is 3.67. The van der Waals surface area contributed by atoms with Gasteiger partial charge in [0.05, 0.1) is 18.7 Å². The van der Waals surface area contributed by atoms with Crippen molar-refractivity contribution in [2.24, 2.45) is 5.92 Å². The van der Waals surface area contributed by atoms with E-state index in [1.54, 1.807) is 0 Å². The van der Waals surface area contributed by atoms with E-state index >= 15 is 0 Å². The molecule has 0 aromatic heterocycles. The lowest BCUT2D eigenvalue weighted by Gasteiger charge is -2.26. The maximum Gasteiger partial charge on any atom is 0.336 e. The molecular formula is C13H15NO2. The number of rotatable bonds is 1. The molecule has 0 bridgehead atoms. The van der Waals surface area contributed by atoms with Crippen molar-refractivity contribution in [2.75, 3.05) is 13.7 Å². The summed E-state index contributed by atoms with van der Waals surface area (Å²) in [6.45, 7) is 1.06. The highest BCUT2D eigenvalue weighted by Crippen LogP contribution is 2.42. The molecule has 0 spiro atoms. The van der Waals surface area contributed by atoms with Crippen LogP contribution < -0.4 is 0 Å². The molecule has 0 unspecified atom stereocenters. The van der Waals surface area contributed by atoms with Gasteiger partial charge in [-0.1, -0.05) is 24.3 Å².